The van der Waals surface area contributed by atoms with E-state index in [4.69, 9.17) is 4.74 Å². The Kier molecular flexibility index (Phi) is 2.56. The summed E-state index contributed by atoms with van der Waals surface area (Å²) in [5.41, 5.74) is 4.69. The number of hydrogen-bond donors (Lipinski definition) is 1. The number of hydrogen-bond acceptors (Lipinski definition) is 1. The van der Waals surface area contributed by atoms with Gasteiger partial charge in [0.1, 0.15) is 5.75 Å². The van der Waals surface area contributed by atoms with Gasteiger partial charge in [-0.2, -0.15) is 0 Å². The molecule has 0 fully saturated rings. The first-order valence-corrected chi connectivity index (χ1v) is 6.01. The normalized spacial score (nSPS) is 10.8. The maximum absolute atomic E-state index is 5.47. The van der Waals surface area contributed by atoms with Gasteiger partial charge < -0.3 is 9.72 Å². The molecule has 1 N–H and O–H groups in total. The molecule has 0 bridgehead atoms. The second-order valence-electron chi connectivity index (χ2n) is 4.44. The smallest absolute Gasteiger partial charge is 0.143 e. The van der Waals surface area contributed by atoms with Gasteiger partial charge in [-0.1, -0.05) is 30.3 Å². The summed E-state index contributed by atoms with van der Waals surface area (Å²) >= 11 is 0. The quantitative estimate of drug-likeness (QED) is 0.711. The molecule has 18 heavy (non-hydrogen) atoms. The molecule has 0 saturated heterocycles. The molecule has 2 aromatic carbocycles. The SMILES string of the molecule is COc1cc(-c2ccccc2)cc2c(C)c[nH]c12. The second kappa shape index (κ2) is 4.22. The highest BCUT2D eigenvalue weighted by molar-refractivity contribution is 5.92. The lowest BCUT2D eigenvalue weighted by atomic mass is 10.0. The largest absolute Gasteiger partial charge is 0.495 e. The number of aryl methyl sites for hydroxylation is 1. The van der Waals surface area contributed by atoms with E-state index in [0.717, 1.165) is 11.3 Å². The summed E-state index contributed by atoms with van der Waals surface area (Å²) in [7, 11) is 1.71. The van der Waals surface area contributed by atoms with Gasteiger partial charge in [-0.05, 0) is 35.7 Å². The number of rotatable bonds is 2. The van der Waals surface area contributed by atoms with Crippen LogP contribution in [0.4, 0.5) is 0 Å². The van der Waals surface area contributed by atoms with E-state index in [1.54, 1.807) is 7.11 Å². The van der Waals surface area contributed by atoms with E-state index in [1.807, 2.05) is 12.3 Å². The summed E-state index contributed by atoms with van der Waals surface area (Å²) in [4.78, 5) is 3.26. The molecule has 3 rings (SSSR count). The van der Waals surface area contributed by atoms with Crippen LogP contribution in [0, 0.1) is 6.92 Å². The molecule has 90 valence electrons. The van der Waals surface area contributed by atoms with Gasteiger partial charge in [0.2, 0.25) is 0 Å². The van der Waals surface area contributed by atoms with Crippen LogP contribution in [0.25, 0.3) is 22.0 Å². The van der Waals surface area contributed by atoms with Crippen LogP contribution in [0.2, 0.25) is 0 Å². The zero-order valence-corrected chi connectivity index (χ0v) is 10.5. The average Bonchev–Trinajstić information content (AvgIpc) is 2.81. The van der Waals surface area contributed by atoms with Gasteiger partial charge in [-0.25, -0.2) is 0 Å². The molecular weight excluding hydrogens is 222 g/mol. The Hall–Kier alpha value is -2.22. The number of H-pyrrole nitrogens is 1. The number of nitrogens with one attached hydrogen (secondary N) is 1. The predicted octanol–water partition coefficient (Wildman–Crippen LogP) is 4.15. The van der Waals surface area contributed by atoms with Gasteiger partial charge in [-0.3, -0.25) is 0 Å². The third kappa shape index (κ3) is 1.66. The highest BCUT2D eigenvalue weighted by Crippen LogP contribution is 2.33. The van der Waals surface area contributed by atoms with Crippen molar-refractivity contribution in [2.24, 2.45) is 0 Å². The van der Waals surface area contributed by atoms with E-state index in [2.05, 4.69) is 48.3 Å². The molecule has 0 aliphatic carbocycles. The van der Waals surface area contributed by atoms with Crippen molar-refractivity contribution in [3.8, 4) is 16.9 Å². The number of benzene rings is 2. The minimum Gasteiger partial charge on any atom is -0.495 e. The van der Waals surface area contributed by atoms with Crippen LogP contribution in [0.5, 0.6) is 5.75 Å². The van der Waals surface area contributed by atoms with Gasteiger partial charge in [0.15, 0.2) is 0 Å². The van der Waals surface area contributed by atoms with Crippen LogP contribution in [0.15, 0.2) is 48.7 Å². The Bertz CT molecular complexity index is 683. The van der Waals surface area contributed by atoms with Crippen LogP contribution in [-0.4, -0.2) is 12.1 Å². The lowest BCUT2D eigenvalue weighted by molar-refractivity contribution is 0.419. The standard InChI is InChI=1S/C16H15NO/c1-11-10-17-16-14(11)8-13(9-15(16)18-2)12-6-4-3-5-7-12/h3-10,17H,1-2H3. The van der Waals surface area contributed by atoms with Gasteiger partial charge in [0, 0.05) is 11.6 Å². The average molecular weight is 237 g/mol. The van der Waals surface area contributed by atoms with Crippen LogP contribution in [-0.2, 0) is 0 Å². The first kappa shape index (κ1) is 10.9. The molecule has 0 radical (unpaired) electrons. The summed E-state index contributed by atoms with van der Waals surface area (Å²) < 4.78 is 5.47. The Morgan fingerprint density at radius 3 is 2.50 bits per heavy atom. The van der Waals surface area contributed by atoms with Crippen LogP contribution in [0.3, 0.4) is 0 Å². The molecule has 0 spiro atoms. The van der Waals surface area contributed by atoms with E-state index >= 15 is 0 Å². The molecule has 0 aliphatic heterocycles. The molecule has 0 saturated carbocycles. The maximum Gasteiger partial charge on any atom is 0.143 e. The number of ether oxygens (including phenoxy) is 1. The lowest BCUT2D eigenvalue weighted by Gasteiger charge is -2.07. The number of methoxy groups -OCH3 is 1. The van der Waals surface area contributed by atoms with Crippen LogP contribution < -0.4 is 4.74 Å². The Morgan fingerprint density at radius 1 is 1.00 bits per heavy atom. The molecule has 1 heterocycles. The first-order chi connectivity index (χ1) is 8.79. The molecule has 0 aliphatic rings. The van der Waals surface area contributed by atoms with Crippen molar-refractivity contribution in [2.45, 2.75) is 6.92 Å². The Morgan fingerprint density at radius 2 is 1.78 bits per heavy atom. The minimum atomic E-state index is 0.888. The highest BCUT2D eigenvalue weighted by atomic mass is 16.5. The first-order valence-electron chi connectivity index (χ1n) is 6.01. The van der Waals surface area contributed by atoms with Crippen molar-refractivity contribution >= 4 is 10.9 Å². The maximum atomic E-state index is 5.47. The third-order valence-corrected chi connectivity index (χ3v) is 3.29. The van der Waals surface area contributed by atoms with Crippen molar-refractivity contribution < 1.29 is 4.74 Å². The second-order valence-corrected chi connectivity index (χ2v) is 4.44. The molecular formula is C16H15NO. The fourth-order valence-corrected chi connectivity index (χ4v) is 2.29. The topological polar surface area (TPSA) is 25.0 Å². The fraction of sp³-hybridized carbons (Fsp3) is 0.125. The Balaban J connectivity index is 2.28. The van der Waals surface area contributed by atoms with E-state index in [0.29, 0.717) is 0 Å². The van der Waals surface area contributed by atoms with Crippen LogP contribution >= 0.6 is 0 Å². The summed E-state index contributed by atoms with van der Waals surface area (Å²) in [6.45, 7) is 2.10. The zero-order valence-electron chi connectivity index (χ0n) is 10.5. The number of aromatic amines is 1. The van der Waals surface area contributed by atoms with Crippen molar-refractivity contribution in [3.05, 3.63) is 54.2 Å². The van der Waals surface area contributed by atoms with Crippen molar-refractivity contribution in [1.82, 2.24) is 4.98 Å². The lowest BCUT2D eigenvalue weighted by Crippen LogP contribution is -1.86. The molecule has 2 nitrogen and oxygen atoms in total. The van der Waals surface area contributed by atoms with Crippen molar-refractivity contribution in [1.29, 1.82) is 0 Å². The number of aromatic nitrogens is 1. The van der Waals surface area contributed by atoms with Gasteiger partial charge in [-0.15, -0.1) is 0 Å². The van der Waals surface area contributed by atoms with E-state index < -0.39 is 0 Å². The number of fused-ring (bicyclic) bond motifs is 1. The molecule has 0 amide bonds. The van der Waals surface area contributed by atoms with Crippen LogP contribution in [0.1, 0.15) is 5.56 Å². The molecule has 2 heteroatoms. The Labute approximate surface area is 106 Å². The summed E-state index contributed by atoms with van der Waals surface area (Å²) in [6, 6.07) is 14.6. The molecule has 0 atom stereocenters. The fourth-order valence-electron chi connectivity index (χ4n) is 2.29. The van der Waals surface area contributed by atoms with Crippen molar-refractivity contribution in [3.63, 3.8) is 0 Å². The van der Waals surface area contributed by atoms with Crippen molar-refractivity contribution in [2.75, 3.05) is 7.11 Å². The molecule has 3 aromatic rings. The summed E-state index contributed by atoms with van der Waals surface area (Å²) in [5, 5.41) is 1.22. The van der Waals surface area contributed by atoms with Gasteiger partial charge in [0.05, 0.1) is 12.6 Å². The third-order valence-electron chi connectivity index (χ3n) is 3.29. The monoisotopic (exact) mass is 237 g/mol. The minimum absolute atomic E-state index is 0.888. The predicted molar refractivity (Wildman–Crippen MR) is 75.0 cm³/mol. The van der Waals surface area contributed by atoms with Gasteiger partial charge in [0.25, 0.3) is 0 Å². The van der Waals surface area contributed by atoms with E-state index in [-0.39, 0.29) is 0 Å². The van der Waals surface area contributed by atoms with E-state index in [9.17, 15) is 0 Å². The summed E-state index contributed by atoms with van der Waals surface area (Å²) in [5.74, 6) is 0.888. The highest BCUT2D eigenvalue weighted by Gasteiger charge is 2.09. The molecule has 0 unspecified atom stereocenters. The van der Waals surface area contributed by atoms with Gasteiger partial charge >= 0.3 is 0 Å². The molecule has 1 aromatic heterocycles. The van der Waals surface area contributed by atoms with E-state index in [1.165, 1.54) is 22.1 Å². The summed E-state index contributed by atoms with van der Waals surface area (Å²) in [6.07, 6.45) is 2.02. The zero-order chi connectivity index (χ0) is 12.5.